The summed E-state index contributed by atoms with van der Waals surface area (Å²) in [5.74, 6) is 0. The van der Waals surface area contributed by atoms with Crippen molar-refractivity contribution in [3.05, 3.63) is 28.3 Å². The van der Waals surface area contributed by atoms with E-state index in [-0.39, 0.29) is 18.9 Å². The normalized spacial score (nSPS) is 10.4. The molecule has 0 unspecified atom stereocenters. The van der Waals surface area contributed by atoms with E-state index in [0.717, 1.165) is 0 Å². The fourth-order valence-electron chi connectivity index (χ4n) is 1.49. The number of aliphatic hydroxyl groups excluding tert-OH is 2. The monoisotopic (exact) mass is 255 g/mol. The zero-order chi connectivity index (χ0) is 13.5. The summed E-state index contributed by atoms with van der Waals surface area (Å²) in [7, 11) is 0. The Hall–Kier alpha value is -1.86. The molecule has 1 aromatic rings. The SMILES string of the molecule is CCNc1cc(NC(CO)CO)cc([N+](=O)[O-])c1. The topological polar surface area (TPSA) is 108 Å². The average Bonchev–Trinajstić information content (AvgIpc) is 2.36. The first kappa shape index (κ1) is 14.2. The summed E-state index contributed by atoms with van der Waals surface area (Å²) in [6, 6.07) is 3.94. The van der Waals surface area contributed by atoms with Crippen LogP contribution >= 0.6 is 0 Å². The molecule has 7 heteroatoms. The Morgan fingerprint density at radius 1 is 1.28 bits per heavy atom. The Bertz CT molecular complexity index is 407. The van der Waals surface area contributed by atoms with Gasteiger partial charge in [-0.15, -0.1) is 0 Å². The summed E-state index contributed by atoms with van der Waals surface area (Å²) < 4.78 is 0. The molecule has 1 rings (SSSR count). The molecule has 0 heterocycles. The van der Waals surface area contributed by atoms with Gasteiger partial charge in [0.2, 0.25) is 0 Å². The molecule has 18 heavy (non-hydrogen) atoms. The largest absolute Gasteiger partial charge is 0.394 e. The third-order valence-corrected chi connectivity index (χ3v) is 2.32. The highest BCUT2D eigenvalue weighted by atomic mass is 16.6. The molecule has 0 aliphatic rings. The minimum absolute atomic E-state index is 0.0504. The summed E-state index contributed by atoms with van der Waals surface area (Å²) in [5.41, 5.74) is 1.04. The average molecular weight is 255 g/mol. The highest BCUT2D eigenvalue weighted by Gasteiger charge is 2.12. The van der Waals surface area contributed by atoms with Crippen LogP contribution in [-0.2, 0) is 0 Å². The summed E-state index contributed by atoms with van der Waals surface area (Å²) in [6.07, 6.45) is 0. The molecule has 4 N–H and O–H groups in total. The quantitative estimate of drug-likeness (QED) is 0.424. The predicted octanol–water partition coefficient (Wildman–Crippen LogP) is 0.792. The molecule has 0 amide bonds. The molecule has 7 nitrogen and oxygen atoms in total. The number of nitrogens with zero attached hydrogens (tertiary/aromatic N) is 1. The lowest BCUT2D eigenvalue weighted by atomic mass is 10.2. The molecule has 0 saturated heterocycles. The number of nitro groups is 1. The fourth-order valence-corrected chi connectivity index (χ4v) is 1.49. The van der Waals surface area contributed by atoms with Crippen molar-refractivity contribution in [1.29, 1.82) is 0 Å². The number of nitrogens with one attached hydrogen (secondary N) is 2. The van der Waals surface area contributed by atoms with Gasteiger partial charge in [-0.3, -0.25) is 10.1 Å². The first-order valence-electron chi connectivity index (χ1n) is 5.62. The van der Waals surface area contributed by atoms with Crippen LogP contribution in [-0.4, -0.2) is 40.9 Å². The molecule has 1 aromatic carbocycles. The minimum Gasteiger partial charge on any atom is -0.394 e. The number of nitro benzene ring substituents is 1. The summed E-state index contributed by atoms with van der Waals surface area (Å²) in [4.78, 5) is 10.3. The van der Waals surface area contributed by atoms with Crippen molar-refractivity contribution in [1.82, 2.24) is 0 Å². The maximum Gasteiger partial charge on any atom is 0.273 e. The van der Waals surface area contributed by atoms with Gasteiger partial charge in [-0.05, 0) is 13.0 Å². The van der Waals surface area contributed by atoms with Crippen LogP contribution < -0.4 is 10.6 Å². The van der Waals surface area contributed by atoms with Gasteiger partial charge in [-0.2, -0.15) is 0 Å². The van der Waals surface area contributed by atoms with Crippen LogP contribution in [0.3, 0.4) is 0 Å². The van der Waals surface area contributed by atoms with Gasteiger partial charge in [0.05, 0.1) is 24.2 Å². The van der Waals surface area contributed by atoms with Gasteiger partial charge in [0.1, 0.15) is 0 Å². The van der Waals surface area contributed by atoms with E-state index in [1.165, 1.54) is 12.1 Å². The van der Waals surface area contributed by atoms with Crippen molar-refractivity contribution in [2.24, 2.45) is 0 Å². The second-order valence-electron chi connectivity index (χ2n) is 3.76. The van der Waals surface area contributed by atoms with Crippen molar-refractivity contribution >= 4 is 17.1 Å². The summed E-state index contributed by atoms with van der Waals surface area (Å²) in [5, 5.41) is 34.5. The molecule has 0 spiro atoms. The van der Waals surface area contributed by atoms with Gasteiger partial charge >= 0.3 is 0 Å². The summed E-state index contributed by atoms with van der Waals surface area (Å²) >= 11 is 0. The number of hydrogen-bond donors (Lipinski definition) is 4. The Balaban J connectivity index is 2.98. The van der Waals surface area contributed by atoms with E-state index < -0.39 is 11.0 Å². The van der Waals surface area contributed by atoms with Crippen LogP contribution in [0.2, 0.25) is 0 Å². The molecular formula is C11H17N3O4. The zero-order valence-corrected chi connectivity index (χ0v) is 10.1. The van der Waals surface area contributed by atoms with Crippen LogP contribution in [0.25, 0.3) is 0 Å². The Morgan fingerprint density at radius 3 is 2.39 bits per heavy atom. The van der Waals surface area contributed by atoms with Gasteiger partial charge in [0, 0.05) is 30.1 Å². The van der Waals surface area contributed by atoms with Crippen molar-refractivity contribution in [2.45, 2.75) is 13.0 Å². The van der Waals surface area contributed by atoms with Crippen molar-refractivity contribution in [3.63, 3.8) is 0 Å². The van der Waals surface area contributed by atoms with Crippen LogP contribution in [0.15, 0.2) is 18.2 Å². The maximum absolute atomic E-state index is 10.8. The number of rotatable bonds is 7. The van der Waals surface area contributed by atoms with Gasteiger partial charge < -0.3 is 20.8 Å². The Labute approximate surface area is 105 Å². The molecule has 100 valence electrons. The smallest absolute Gasteiger partial charge is 0.273 e. The van der Waals surface area contributed by atoms with Crippen LogP contribution in [0.4, 0.5) is 17.1 Å². The summed E-state index contributed by atoms with van der Waals surface area (Å²) in [6.45, 7) is 2.02. The lowest BCUT2D eigenvalue weighted by Crippen LogP contribution is -2.27. The van der Waals surface area contributed by atoms with Crippen molar-refractivity contribution in [2.75, 3.05) is 30.4 Å². The van der Waals surface area contributed by atoms with Gasteiger partial charge in [-0.1, -0.05) is 0 Å². The van der Waals surface area contributed by atoms with Gasteiger partial charge in [0.15, 0.2) is 0 Å². The second kappa shape index (κ2) is 6.77. The number of benzene rings is 1. The standard InChI is InChI=1S/C11H17N3O4/c1-2-12-8-3-9(13-10(6-15)7-16)5-11(4-8)14(17)18/h3-5,10,12-13,15-16H,2,6-7H2,1H3. The number of anilines is 2. The molecule has 0 radical (unpaired) electrons. The number of aliphatic hydroxyl groups is 2. The lowest BCUT2D eigenvalue weighted by molar-refractivity contribution is -0.384. The molecule has 0 saturated carbocycles. The molecule has 0 fully saturated rings. The minimum atomic E-state index is -0.540. The maximum atomic E-state index is 10.8. The van der Waals surface area contributed by atoms with E-state index in [4.69, 9.17) is 10.2 Å². The zero-order valence-electron chi connectivity index (χ0n) is 10.1. The van der Waals surface area contributed by atoms with E-state index in [0.29, 0.717) is 17.9 Å². The first-order chi connectivity index (χ1) is 8.60. The van der Waals surface area contributed by atoms with E-state index in [9.17, 15) is 10.1 Å². The van der Waals surface area contributed by atoms with E-state index >= 15 is 0 Å². The highest BCUT2D eigenvalue weighted by molar-refractivity contribution is 5.63. The van der Waals surface area contributed by atoms with E-state index in [1.807, 2.05) is 6.92 Å². The van der Waals surface area contributed by atoms with E-state index in [2.05, 4.69) is 10.6 Å². The van der Waals surface area contributed by atoms with Gasteiger partial charge in [-0.25, -0.2) is 0 Å². The lowest BCUT2D eigenvalue weighted by Gasteiger charge is -2.15. The molecule has 0 bridgehead atoms. The second-order valence-corrected chi connectivity index (χ2v) is 3.76. The van der Waals surface area contributed by atoms with Crippen molar-refractivity contribution in [3.8, 4) is 0 Å². The third-order valence-electron chi connectivity index (χ3n) is 2.32. The van der Waals surface area contributed by atoms with Crippen molar-refractivity contribution < 1.29 is 15.1 Å². The third kappa shape index (κ3) is 3.86. The van der Waals surface area contributed by atoms with Crippen LogP contribution in [0.1, 0.15) is 6.92 Å². The predicted molar refractivity (Wildman–Crippen MR) is 68.8 cm³/mol. The molecule has 0 atom stereocenters. The molecule has 0 aliphatic heterocycles. The Morgan fingerprint density at radius 2 is 1.89 bits per heavy atom. The van der Waals surface area contributed by atoms with E-state index in [1.54, 1.807) is 6.07 Å². The Kier molecular flexibility index (Phi) is 5.34. The first-order valence-corrected chi connectivity index (χ1v) is 5.62. The molecule has 0 aromatic heterocycles. The number of hydrogen-bond acceptors (Lipinski definition) is 6. The highest BCUT2D eigenvalue weighted by Crippen LogP contribution is 2.24. The number of non-ortho nitro benzene ring substituents is 1. The fraction of sp³-hybridized carbons (Fsp3) is 0.455. The van der Waals surface area contributed by atoms with Gasteiger partial charge in [0.25, 0.3) is 5.69 Å². The van der Waals surface area contributed by atoms with Crippen LogP contribution in [0, 0.1) is 10.1 Å². The molecular weight excluding hydrogens is 238 g/mol. The van der Waals surface area contributed by atoms with Crippen LogP contribution in [0.5, 0.6) is 0 Å². The molecule has 0 aliphatic carbocycles.